The Morgan fingerprint density at radius 2 is 1.44 bits per heavy atom. The van der Waals surface area contributed by atoms with Crippen LogP contribution in [0.1, 0.15) is 59.6 Å². The maximum atomic E-state index is 13.5. The van der Waals surface area contributed by atoms with Crippen LogP contribution in [0.3, 0.4) is 0 Å². The standard InChI is InChI=1S/C32H45ClN6O8S/c1-20(26(40)35-17-21-11-15-24(16-12-21)36-30(34)37-47-29(43)32(5,6)7)39(8)27(41)25(18-46-28(42)31(2,3)4)38-48(44,45)19-22-9-13-23(33)14-10-22/h9-16,20,25,38H,17-19H2,1-8H3,(H,35,40)(H3,34,36,37)/t20-,25+/m0/s1. The molecule has 16 heteroatoms. The first kappa shape index (κ1) is 40.0. The van der Waals surface area contributed by atoms with E-state index in [2.05, 4.69) is 20.8 Å². The number of carbonyl (C=O) groups excluding carboxylic acids is 4. The Balaban J connectivity index is 2.03. The maximum Gasteiger partial charge on any atom is 0.337 e. The summed E-state index contributed by atoms with van der Waals surface area (Å²) < 4.78 is 33.7. The SMILES string of the molecule is C[C@@H](C(=O)NCc1ccc(NC(=N)NOC(=O)C(C)(C)C)cc1)N(C)C(=O)[C@@H](COC(=O)C(C)(C)C)NS(=O)(=O)Cc1ccc(Cl)cc1. The summed E-state index contributed by atoms with van der Waals surface area (Å²) in [6.45, 7) is 10.9. The van der Waals surface area contributed by atoms with Crippen LogP contribution in [0.5, 0.6) is 0 Å². The number of carbonyl (C=O) groups is 4. The summed E-state index contributed by atoms with van der Waals surface area (Å²) in [5.74, 6) is -3.18. The number of anilines is 1. The Labute approximate surface area is 286 Å². The van der Waals surface area contributed by atoms with Crippen LogP contribution >= 0.6 is 11.6 Å². The molecule has 0 heterocycles. The molecule has 0 unspecified atom stereocenters. The van der Waals surface area contributed by atoms with Gasteiger partial charge in [-0.3, -0.25) is 19.8 Å². The Morgan fingerprint density at radius 1 is 0.896 bits per heavy atom. The molecule has 2 rings (SSSR count). The summed E-state index contributed by atoms with van der Waals surface area (Å²) in [6.07, 6.45) is 0. The number of nitrogens with zero attached hydrogens (tertiary/aromatic N) is 1. The molecule has 0 aliphatic heterocycles. The molecule has 2 aromatic carbocycles. The van der Waals surface area contributed by atoms with Crippen LogP contribution in [0.15, 0.2) is 48.5 Å². The highest BCUT2D eigenvalue weighted by Crippen LogP contribution is 2.17. The highest BCUT2D eigenvalue weighted by Gasteiger charge is 2.34. The van der Waals surface area contributed by atoms with Crippen LogP contribution in [0.25, 0.3) is 0 Å². The predicted molar refractivity (Wildman–Crippen MR) is 182 cm³/mol. The number of sulfonamides is 1. The number of esters is 1. The molecular weight excluding hydrogens is 664 g/mol. The van der Waals surface area contributed by atoms with Gasteiger partial charge in [0, 0.05) is 24.3 Å². The zero-order chi connectivity index (χ0) is 36.4. The second kappa shape index (κ2) is 16.8. The fourth-order valence-corrected chi connectivity index (χ4v) is 5.11. The molecule has 0 aliphatic rings. The summed E-state index contributed by atoms with van der Waals surface area (Å²) >= 11 is 5.89. The molecule has 2 amide bonds. The van der Waals surface area contributed by atoms with Gasteiger partial charge >= 0.3 is 11.9 Å². The van der Waals surface area contributed by atoms with E-state index >= 15 is 0 Å². The largest absolute Gasteiger partial charge is 0.463 e. The maximum absolute atomic E-state index is 13.5. The highest BCUT2D eigenvalue weighted by atomic mass is 35.5. The Hall–Kier alpha value is -4.21. The van der Waals surface area contributed by atoms with Crippen molar-refractivity contribution in [3.05, 3.63) is 64.7 Å². The average Bonchev–Trinajstić information content (AvgIpc) is 3.00. The smallest absolute Gasteiger partial charge is 0.337 e. The van der Waals surface area contributed by atoms with Crippen LogP contribution in [0, 0.1) is 16.2 Å². The van der Waals surface area contributed by atoms with Crippen molar-refractivity contribution in [3.63, 3.8) is 0 Å². The summed E-state index contributed by atoms with van der Waals surface area (Å²) in [5, 5.41) is 13.8. The summed E-state index contributed by atoms with van der Waals surface area (Å²) in [4.78, 5) is 56.8. The number of hydrogen-bond donors (Lipinski definition) is 5. The second-order valence-corrected chi connectivity index (χ2v) is 15.4. The third-order valence-electron chi connectivity index (χ3n) is 6.74. The van der Waals surface area contributed by atoms with E-state index in [0.29, 0.717) is 21.8 Å². The Bertz CT molecular complexity index is 1570. The number of ether oxygens (including phenoxy) is 1. The molecular formula is C32H45ClN6O8S. The molecule has 0 saturated heterocycles. The molecule has 2 aromatic rings. The molecule has 48 heavy (non-hydrogen) atoms. The quantitative estimate of drug-likeness (QED) is 0.0944. The molecule has 0 radical (unpaired) electrons. The number of rotatable bonds is 12. The molecule has 0 saturated carbocycles. The predicted octanol–water partition coefficient (Wildman–Crippen LogP) is 3.32. The third kappa shape index (κ3) is 13.1. The number of amides is 2. The minimum absolute atomic E-state index is 0.102. The summed E-state index contributed by atoms with van der Waals surface area (Å²) in [6, 6.07) is 10.3. The first-order valence-corrected chi connectivity index (χ1v) is 17.0. The molecule has 0 bridgehead atoms. The van der Waals surface area contributed by atoms with Crippen molar-refractivity contribution in [1.82, 2.24) is 20.4 Å². The monoisotopic (exact) mass is 708 g/mol. The topological polar surface area (TPSA) is 196 Å². The zero-order valence-corrected chi connectivity index (χ0v) is 30.0. The number of hydrogen-bond acceptors (Lipinski definition) is 9. The first-order chi connectivity index (χ1) is 22.1. The van der Waals surface area contributed by atoms with Crippen molar-refractivity contribution in [3.8, 4) is 0 Å². The number of hydroxylamine groups is 1. The molecule has 0 spiro atoms. The van der Waals surface area contributed by atoms with Gasteiger partial charge in [0.1, 0.15) is 18.7 Å². The minimum atomic E-state index is -4.10. The summed E-state index contributed by atoms with van der Waals surface area (Å²) in [7, 11) is -2.75. The minimum Gasteiger partial charge on any atom is -0.463 e. The van der Waals surface area contributed by atoms with Gasteiger partial charge in [0.2, 0.25) is 27.8 Å². The van der Waals surface area contributed by atoms with E-state index in [1.807, 2.05) is 0 Å². The van der Waals surface area contributed by atoms with E-state index in [9.17, 15) is 27.6 Å². The van der Waals surface area contributed by atoms with Gasteiger partial charge in [-0.2, -0.15) is 10.2 Å². The lowest BCUT2D eigenvalue weighted by Crippen LogP contribution is -2.55. The second-order valence-electron chi connectivity index (χ2n) is 13.2. The van der Waals surface area contributed by atoms with E-state index < -0.39 is 69.0 Å². The van der Waals surface area contributed by atoms with Crippen molar-refractivity contribution < 1.29 is 37.2 Å². The third-order valence-corrected chi connectivity index (χ3v) is 8.35. The molecule has 264 valence electrons. The molecule has 0 fully saturated rings. The van der Waals surface area contributed by atoms with E-state index in [0.717, 1.165) is 4.90 Å². The number of likely N-dealkylation sites (N-methyl/N-ethyl adjacent to an activating group) is 1. The lowest BCUT2D eigenvalue weighted by atomic mass is 9.97. The van der Waals surface area contributed by atoms with Crippen molar-refractivity contribution >= 4 is 57.0 Å². The van der Waals surface area contributed by atoms with Crippen molar-refractivity contribution in [2.45, 2.75) is 72.8 Å². The zero-order valence-electron chi connectivity index (χ0n) is 28.4. The van der Waals surface area contributed by atoms with Gasteiger partial charge in [0.25, 0.3) is 0 Å². The normalized spacial score (nSPS) is 13.0. The van der Waals surface area contributed by atoms with Gasteiger partial charge in [-0.25, -0.2) is 13.2 Å². The van der Waals surface area contributed by atoms with E-state index in [1.54, 1.807) is 77.9 Å². The van der Waals surface area contributed by atoms with E-state index in [1.165, 1.54) is 26.1 Å². The summed E-state index contributed by atoms with van der Waals surface area (Å²) in [5.41, 5.74) is 2.25. The Morgan fingerprint density at radius 3 is 1.98 bits per heavy atom. The van der Waals surface area contributed by atoms with Gasteiger partial charge in [-0.05, 0) is 83.9 Å². The highest BCUT2D eigenvalue weighted by molar-refractivity contribution is 7.88. The van der Waals surface area contributed by atoms with Gasteiger partial charge in [0.05, 0.1) is 16.6 Å². The van der Waals surface area contributed by atoms with Crippen LogP contribution in [-0.4, -0.2) is 68.8 Å². The van der Waals surface area contributed by atoms with Crippen molar-refractivity contribution in [1.29, 1.82) is 5.41 Å². The average molecular weight is 709 g/mol. The first-order valence-electron chi connectivity index (χ1n) is 15.0. The molecule has 0 aliphatic carbocycles. The lowest BCUT2D eigenvalue weighted by Gasteiger charge is -2.29. The van der Waals surface area contributed by atoms with E-state index in [-0.39, 0.29) is 12.5 Å². The number of guanidine groups is 1. The fraction of sp³-hybridized carbons (Fsp3) is 0.469. The molecule has 14 nitrogen and oxygen atoms in total. The van der Waals surface area contributed by atoms with Crippen molar-refractivity contribution in [2.75, 3.05) is 19.0 Å². The van der Waals surface area contributed by atoms with Gasteiger partial charge in [-0.15, -0.1) is 0 Å². The van der Waals surface area contributed by atoms with Crippen LogP contribution in [0.4, 0.5) is 5.69 Å². The number of halogens is 1. The fourth-order valence-electron chi connectivity index (χ4n) is 3.67. The van der Waals surface area contributed by atoms with Gasteiger partial charge < -0.3 is 25.1 Å². The lowest BCUT2D eigenvalue weighted by molar-refractivity contribution is -0.157. The van der Waals surface area contributed by atoms with Crippen molar-refractivity contribution in [2.24, 2.45) is 10.8 Å². The molecule has 5 N–H and O–H groups in total. The molecule has 0 aromatic heterocycles. The number of benzene rings is 2. The molecule has 2 atom stereocenters. The number of nitrogens with one attached hydrogen (secondary N) is 5. The Kier molecular flexibility index (Phi) is 13.9. The van der Waals surface area contributed by atoms with Gasteiger partial charge in [-0.1, -0.05) is 35.9 Å². The van der Waals surface area contributed by atoms with Gasteiger partial charge in [0.15, 0.2) is 0 Å². The van der Waals surface area contributed by atoms with Crippen LogP contribution in [0.2, 0.25) is 5.02 Å². The van der Waals surface area contributed by atoms with E-state index in [4.69, 9.17) is 26.6 Å². The van der Waals surface area contributed by atoms with Crippen LogP contribution < -0.4 is 20.8 Å². The van der Waals surface area contributed by atoms with Crippen LogP contribution in [-0.2, 0) is 51.1 Å².